The van der Waals surface area contributed by atoms with Crippen molar-refractivity contribution in [3.63, 3.8) is 0 Å². The number of thiophene rings is 1. The third-order valence-electron chi connectivity index (χ3n) is 7.12. The number of ether oxygens (including phenoxy) is 2. The second kappa shape index (κ2) is 9.93. The van der Waals surface area contributed by atoms with Crippen molar-refractivity contribution < 1.29 is 9.47 Å². The first kappa shape index (κ1) is 21.3. The normalized spacial score (nSPS) is 20.5. The van der Waals surface area contributed by atoms with Crippen molar-refractivity contribution in [1.82, 2.24) is 4.90 Å². The van der Waals surface area contributed by atoms with Crippen LogP contribution in [0.4, 0.5) is 5.69 Å². The van der Waals surface area contributed by atoms with Gasteiger partial charge >= 0.3 is 0 Å². The Kier molecular flexibility index (Phi) is 6.82. The molecule has 0 unspecified atom stereocenters. The third-order valence-corrected chi connectivity index (χ3v) is 8.44. The Hall–Kier alpha value is -1.56. The number of likely N-dealkylation sites (tertiary alicyclic amines) is 1. The van der Waals surface area contributed by atoms with Crippen molar-refractivity contribution in [2.45, 2.75) is 44.4 Å². The Morgan fingerprint density at radius 1 is 1.00 bits per heavy atom. The van der Waals surface area contributed by atoms with Gasteiger partial charge in [-0.15, -0.1) is 11.3 Å². The summed E-state index contributed by atoms with van der Waals surface area (Å²) in [5.74, 6) is 2.47. The minimum Gasteiger partial charge on any atom is -0.496 e. The molecule has 31 heavy (non-hydrogen) atoms. The van der Waals surface area contributed by atoms with Crippen molar-refractivity contribution in [2.75, 3.05) is 57.9 Å². The van der Waals surface area contributed by atoms with Gasteiger partial charge in [0.2, 0.25) is 0 Å². The first-order valence-corrected chi connectivity index (χ1v) is 13.0. The van der Waals surface area contributed by atoms with E-state index >= 15 is 0 Å². The summed E-state index contributed by atoms with van der Waals surface area (Å²) in [4.78, 5) is 8.10. The number of methoxy groups -OCH3 is 1. The number of hydrogen-bond donors (Lipinski definition) is 0. The zero-order valence-electron chi connectivity index (χ0n) is 18.9. The summed E-state index contributed by atoms with van der Waals surface area (Å²) in [5.41, 5.74) is 2.66. The molecule has 5 heteroatoms. The smallest absolute Gasteiger partial charge is 0.127 e. The van der Waals surface area contributed by atoms with E-state index in [1.165, 1.54) is 67.7 Å². The predicted molar refractivity (Wildman–Crippen MR) is 130 cm³/mol. The molecule has 3 heterocycles. The molecule has 5 rings (SSSR count). The fourth-order valence-electron chi connectivity index (χ4n) is 5.02. The number of benzene rings is 1. The highest BCUT2D eigenvalue weighted by Crippen LogP contribution is 2.51. The summed E-state index contributed by atoms with van der Waals surface area (Å²) in [6, 6.07) is 11.0. The van der Waals surface area contributed by atoms with Crippen LogP contribution in [0.2, 0.25) is 0 Å². The van der Waals surface area contributed by atoms with E-state index in [9.17, 15) is 0 Å². The fraction of sp³-hybridized carbons (Fsp3) is 0.615. The van der Waals surface area contributed by atoms with Crippen molar-refractivity contribution in [2.24, 2.45) is 5.92 Å². The number of nitrogens with zero attached hydrogens (tertiary/aromatic N) is 2. The van der Waals surface area contributed by atoms with Gasteiger partial charge < -0.3 is 19.3 Å². The minimum absolute atomic E-state index is 0.700. The summed E-state index contributed by atoms with van der Waals surface area (Å²) in [6.45, 7) is 7.72. The fourth-order valence-corrected chi connectivity index (χ4v) is 6.40. The Labute approximate surface area is 191 Å². The molecular formula is C26H36N2O2S. The number of para-hydroxylation sites is 1. The van der Waals surface area contributed by atoms with Crippen molar-refractivity contribution in [3.05, 3.63) is 35.2 Å². The number of hydrogen-bond acceptors (Lipinski definition) is 5. The highest BCUT2D eigenvalue weighted by Gasteiger charge is 2.30. The van der Waals surface area contributed by atoms with Crippen LogP contribution in [0.5, 0.6) is 5.75 Å². The summed E-state index contributed by atoms with van der Waals surface area (Å²) < 4.78 is 11.8. The Morgan fingerprint density at radius 2 is 1.77 bits per heavy atom. The largest absolute Gasteiger partial charge is 0.496 e. The topological polar surface area (TPSA) is 24.9 Å². The first-order valence-electron chi connectivity index (χ1n) is 12.1. The Bertz CT molecular complexity index is 849. The van der Waals surface area contributed by atoms with Crippen LogP contribution in [-0.2, 0) is 4.74 Å². The highest BCUT2D eigenvalue weighted by atomic mass is 32.1. The average Bonchev–Trinajstić information content (AvgIpc) is 3.35. The maximum absolute atomic E-state index is 6.07. The quantitative estimate of drug-likeness (QED) is 0.472. The van der Waals surface area contributed by atoms with Gasteiger partial charge in [0.05, 0.1) is 24.3 Å². The molecule has 1 aliphatic carbocycles. The van der Waals surface area contributed by atoms with Gasteiger partial charge in [-0.25, -0.2) is 0 Å². The second-order valence-corrected chi connectivity index (χ2v) is 10.5. The average molecular weight is 441 g/mol. The van der Waals surface area contributed by atoms with E-state index in [1.54, 1.807) is 12.0 Å². The van der Waals surface area contributed by atoms with Gasteiger partial charge in [-0.1, -0.05) is 12.1 Å². The highest BCUT2D eigenvalue weighted by molar-refractivity contribution is 7.16. The van der Waals surface area contributed by atoms with Crippen LogP contribution < -0.4 is 9.64 Å². The Balaban J connectivity index is 1.21. The molecule has 1 aromatic heterocycles. The lowest BCUT2D eigenvalue weighted by atomic mass is 9.97. The maximum Gasteiger partial charge on any atom is 0.127 e. The van der Waals surface area contributed by atoms with Gasteiger partial charge in [0.1, 0.15) is 5.75 Å². The van der Waals surface area contributed by atoms with Crippen LogP contribution in [0.25, 0.3) is 10.4 Å². The predicted octanol–water partition coefficient (Wildman–Crippen LogP) is 5.63. The lowest BCUT2D eigenvalue weighted by Crippen LogP contribution is -2.35. The molecular weight excluding hydrogens is 404 g/mol. The Morgan fingerprint density at radius 3 is 2.52 bits per heavy atom. The van der Waals surface area contributed by atoms with Crippen LogP contribution >= 0.6 is 11.3 Å². The zero-order valence-corrected chi connectivity index (χ0v) is 19.7. The molecule has 2 aliphatic heterocycles. The van der Waals surface area contributed by atoms with Gasteiger partial charge in [0.25, 0.3) is 0 Å². The molecule has 4 nitrogen and oxygen atoms in total. The molecule has 0 N–H and O–H groups in total. The van der Waals surface area contributed by atoms with Crippen molar-refractivity contribution in [3.8, 4) is 16.2 Å². The standard InChI is InChI=1S/C26H36N2O2S/c1-29-24-7-3-2-6-22(24)26-23(18-25(31-26)21-8-9-21)28-14-10-20(11-15-28)19-30-17-16-27-12-4-5-13-27/h2-3,6-7,18,20-21H,4-5,8-17,19H2,1H3. The summed E-state index contributed by atoms with van der Waals surface area (Å²) >= 11 is 1.99. The molecule has 1 saturated carbocycles. The molecule has 0 bridgehead atoms. The van der Waals surface area contributed by atoms with Crippen LogP contribution in [0.1, 0.15) is 49.3 Å². The number of anilines is 1. The van der Waals surface area contributed by atoms with E-state index < -0.39 is 0 Å². The molecule has 2 aromatic rings. The van der Waals surface area contributed by atoms with E-state index in [0.717, 1.165) is 44.5 Å². The van der Waals surface area contributed by atoms with Crippen LogP contribution in [0, 0.1) is 5.92 Å². The van der Waals surface area contributed by atoms with E-state index in [1.807, 2.05) is 11.3 Å². The van der Waals surface area contributed by atoms with Gasteiger partial charge in [-0.05, 0) is 81.6 Å². The summed E-state index contributed by atoms with van der Waals surface area (Å²) in [6.07, 6.45) is 7.87. The van der Waals surface area contributed by atoms with Crippen molar-refractivity contribution in [1.29, 1.82) is 0 Å². The van der Waals surface area contributed by atoms with E-state index in [-0.39, 0.29) is 0 Å². The van der Waals surface area contributed by atoms with E-state index in [0.29, 0.717) is 5.92 Å². The molecule has 0 spiro atoms. The second-order valence-electron chi connectivity index (χ2n) is 9.39. The van der Waals surface area contributed by atoms with Gasteiger partial charge in [0, 0.05) is 36.7 Å². The van der Waals surface area contributed by atoms with Crippen molar-refractivity contribution >= 4 is 17.0 Å². The first-order chi connectivity index (χ1) is 15.3. The van der Waals surface area contributed by atoms with E-state index in [4.69, 9.17) is 9.47 Å². The van der Waals surface area contributed by atoms with Gasteiger partial charge in [-0.2, -0.15) is 0 Å². The minimum atomic E-state index is 0.700. The van der Waals surface area contributed by atoms with Crippen LogP contribution in [0.3, 0.4) is 0 Å². The molecule has 0 radical (unpaired) electrons. The zero-order chi connectivity index (χ0) is 21.0. The number of piperidine rings is 1. The van der Waals surface area contributed by atoms with E-state index in [2.05, 4.69) is 40.1 Å². The molecule has 0 amide bonds. The maximum atomic E-state index is 6.07. The molecule has 1 aromatic carbocycles. The van der Waals surface area contributed by atoms with Crippen LogP contribution in [-0.4, -0.2) is 57.9 Å². The van der Waals surface area contributed by atoms with Crippen LogP contribution in [0.15, 0.2) is 30.3 Å². The monoisotopic (exact) mass is 440 g/mol. The lowest BCUT2D eigenvalue weighted by Gasteiger charge is -2.34. The molecule has 168 valence electrons. The molecule has 3 aliphatic rings. The van der Waals surface area contributed by atoms with Gasteiger partial charge in [0.15, 0.2) is 0 Å². The molecule has 3 fully saturated rings. The molecule has 2 saturated heterocycles. The third kappa shape index (κ3) is 5.10. The molecule has 0 atom stereocenters. The summed E-state index contributed by atoms with van der Waals surface area (Å²) in [7, 11) is 1.78. The SMILES string of the molecule is COc1ccccc1-c1sc(C2CC2)cc1N1CCC(COCCN2CCCC2)CC1. The van der Waals surface area contributed by atoms with Gasteiger partial charge in [-0.3, -0.25) is 0 Å². The lowest BCUT2D eigenvalue weighted by molar-refractivity contribution is 0.0753. The summed E-state index contributed by atoms with van der Waals surface area (Å²) in [5, 5.41) is 0. The number of rotatable bonds is 9.